The van der Waals surface area contributed by atoms with Gasteiger partial charge < -0.3 is 9.47 Å². The van der Waals surface area contributed by atoms with E-state index in [0.29, 0.717) is 0 Å². The van der Waals surface area contributed by atoms with E-state index in [0.717, 1.165) is 19.4 Å². The summed E-state index contributed by atoms with van der Waals surface area (Å²) in [7, 11) is 1.64. The zero-order valence-electron chi connectivity index (χ0n) is 5.47. The van der Waals surface area contributed by atoms with Gasteiger partial charge >= 0.3 is 0 Å². The molecule has 2 unspecified atom stereocenters. The van der Waals surface area contributed by atoms with Gasteiger partial charge in [0, 0.05) is 18.9 Å². The third kappa shape index (κ3) is 2.12. The highest BCUT2D eigenvalue weighted by atomic mass is 35.5. The van der Waals surface area contributed by atoms with Gasteiger partial charge in [-0.1, -0.05) is 0 Å². The molecule has 0 bridgehead atoms. The molecule has 0 aromatic carbocycles. The Morgan fingerprint density at radius 1 is 1.67 bits per heavy atom. The molecule has 1 aliphatic heterocycles. The number of halogens is 1. The molecule has 1 saturated heterocycles. The Kier molecular flexibility index (Phi) is 2.76. The van der Waals surface area contributed by atoms with E-state index in [1.807, 2.05) is 0 Å². The topological polar surface area (TPSA) is 18.5 Å². The molecule has 2 atom stereocenters. The molecule has 0 saturated carbocycles. The fourth-order valence-electron chi connectivity index (χ4n) is 0.886. The van der Waals surface area contributed by atoms with Gasteiger partial charge in [0.05, 0.1) is 6.61 Å². The van der Waals surface area contributed by atoms with Crippen molar-refractivity contribution in [1.82, 2.24) is 0 Å². The van der Waals surface area contributed by atoms with Gasteiger partial charge in [0.2, 0.25) is 0 Å². The molecular weight excluding hydrogens is 140 g/mol. The van der Waals surface area contributed by atoms with Gasteiger partial charge in [-0.05, 0) is 6.42 Å². The molecule has 0 aromatic rings. The van der Waals surface area contributed by atoms with Crippen molar-refractivity contribution >= 4 is 11.6 Å². The third-order valence-corrected chi connectivity index (χ3v) is 1.84. The van der Waals surface area contributed by atoms with Crippen LogP contribution in [0.5, 0.6) is 0 Å². The molecule has 0 amide bonds. The third-order valence-electron chi connectivity index (χ3n) is 1.45. The summed E-state index contributed by atoms with van der Waals surface area (Å²) in [6, 6.07) is 0. The molecule has 0 aliphatic carbocycles. The van der Waals surface area contributed by atoms with Crippen LogP contribution < -0.4 is 0 Å². The number of hydrogen-bond acceptors (Lipinski definition) is 2. The van der Waals surface area contributed by atoms with Crippen LogP contribution in [0.15, 0.2) is 0 Å². The largest absolute Gasteiger partial charge is 0.356 e. The molecule has 0 radical (unpaired) electrons. The van der Waals surface area contributed by atoms with Crippen LogP contribution in [-0.4, -0.2) is 25.4 Å². The molecule has 9 heavy (non-hydrogen) atoms. The van der Waals surface area contributed by atoms with E-state index in [1.165, 1.54) is 0 Å². The fraction of sp³-hybridized carbons (Fsp3) is 1.00. The maximum Gasteiger partial charge on any atom is 0.158 e. The van der Waals surface area contributed by atoms with E-state index in [9.17, 15) is 0 Å². The minimum absolute atomic E-state index is 0.0683. The number of methoxy groups -OCH3 is 1. The summed E-state index contributed by atoms with van der Waals surface area (Å²) in [5.41, 5.74) is 0. The van der Waals surface area contributed by atoms with Gasteiger partial charge in [-0.25, -0.2) is 0 Å². The van der Waals surface area contributed by atoms with Crippen molar-refractivity contribution in [2.75, 3.05) is 13.7 Å². The van der Waals surface area contributed by atoms with Crippen LogP contribution in [0.2, 0.25) is 0 Å². The molecule has 0 spiro atoms. The lowest BCUT2D eigenvalue weighted by atomic mass is 10.2. The number of ether oxygens (including phenoxy) is 2. The van der Waals surface area contributed by atoms with Gasteiger partial charge in [-0.2, -0.15) is 0 Å². The molecule has 0 aromatic heterocycles. The van der Waals surface area contributed by atoms with E-state index in [4.69, 9.17) is 21.1 Å². The van der Waals surface area contributed by atoms with Gasteiger partial charge in [-0.15, -0.1) is 11.6 Å². The first-order chi connectivity index (χ1) is 4.33. The lowest BCUT2D eigenvalue weighted by Crippen LogP contribution is -2.27. The lowest BCUT2D eigenvalue weighted by Gasteiger charge is -2.24. The van der Waals surface area contributed by atoms with Crippen LogP contribution in [-0.2, 0) is 9.47 Å². The van der Waals surface area contributed by atoms with Crippen LogP contribution in [0.1, 0.15) is 12.8 Å². The number of alkyl halides is 1. The van der Waals surface area contributed by atoms with Crippen molar-refractivity contribution in [1.29, 1.82) is 0 Å². The maximum atomic E-state index is 5.83. The zero-order chi connectivity index (χ0) is 6.69. The predicted octanol–water partition coefficient (Wildman–Crippen LogP) is 1.38. The van der Waals surface area contributed by atoms with Crippen molar-refractivity contribution in [2.45, 2.75) is 24.5 Å². The van der Waals surface area contributed by atoms with Crippen molar-refractivity contribution in [3.8, 4) is 0 Å². The summed E-state index contributed by atoms with van der Waals surface area (Å²) >= 11 is 5.83. The highest BCUT2D eigenvalue weighted by molar-refractivity contribution is 6.20. The second kappa shape index (κ2) is 3.40. The monoisotopic (exact) mass is 150 g/mol. The molecule has 2 nitrogen and oxygen atoms in total. The Morgan fingerprint density at radius 2 is 2.44 bits per heavy atom. The standard InChI is InChI=1S/C6H11ClO2/c1-8-6-4-5(7)2-3-9-6/h5-6H,2-4H2,1H3. The average Bonchev–Trinajstić information content (AvgIpc) is 1.88. The smallest absolute Gasteiger partial charge is 0.158 e. The van der Waals surface area contributed by atoms with Gasteiger partial charge in [0.25, 0.3) is 0 Å². The molecule has 54 valence electrons. The Balaban J connectivity index is 2.23. The fourth-order valence-corrected chi connectivity index (χ4v) is 1.12. The van der Waals surface area contributed by atoms with Gasteiger partial charge in [-0.3, -0.25) is 0 Å². The highest BCUT2D eigenvalue weighted by Crippen LogP contribution is 2.18. The molecule has 3 heteroatoms. The molecular formula is C6H11ClO2. The Hall–Kier alpha value is 0.210. The van der Waals surface area contributed by atoms with E-state index >= 15 is 0 Å². The molecule has 1 rings (SSSR count). The summed E-state index contributed by atoms with van der Waals surface area (Å²) in [6.07, 6.45) is 1.70. The van der Waals surface area contributed by atoms with Crippen LogP contribution in [0.4, 0.5) is 0 Å². The van der Waals surface area contributed by atoms with E-state index in [1.54, 1.807) is 7.11 Å². The summed E-state index contributed by atoms with van der Waals surface area (Å²) in [4.78, 5) is 0. The van der Waals surface area contributed by atoms with Crippen molar-refractivity contribution < 1.29 is 9.47 Å². The number of rotatable bonds is 1. The minimum Gasteiger partial charge on any atom is -0.356 e. The first-order valence-corrected chi connectivity index (χ1v) is 3.55. The summed E-state index contributed by atoms with van der Waals surface area (Å²) in [6.45, 7) is 0.729. The molecule has 1 aliphatic rings. The van der Waals surface area contributed by atoms with E-state index < -0.39 is 0 Å². The predicted molar refractivity (Wildman–Crippen MR) is 35.6 cm³/mol. The normalized spacial score (nSPS) is 36.7. The highest BCUT2D eigenvalue weighted by Gasteiger charge is 2.19. The van der Waals surface area contributed by atoms with Crippen LogP contribution in [0.25, 0.3) is 0 Å². The number of hydrogen-bond donors (Lipinski definition) is 0. The Morgan fingerprint density at radius 3 is 2.89 bits per heavy atom. The van der Waals surface area contributed by atoms with Crippen LogP contribution in [0.3, 0.4) is 0 Å². The maximum absolute atomic E-state index is 5.83. The zero-order valence-corrected chi connectivity index (χ0v) is 6.23. The average molecular weight is 151 g/mol. The molecule has 1 heterocycles. The Labute approximate surface area is 60.1 Å². The van der Waals surface area contributed by atoms with Gasteiger partial charge in [0.1, 0.15) is 0 Å². The summed E-state index contributed by atoms with van der Waals surface area (Å²) in [5.74, 6) is 0. The molecule has 0 N–H and O–H groups in total. The van der Waals surface area contributed by atoms with Gasteiger partial charge in [0.15, 0.2) is 6.29 Å². The lowest BCUT2D eigenvalue weighted by molar-refractivity contribution is -0.143. The van der Waals surface area contributed by atoms with Crippen LogP contribution in [0, 0.1) is 0 Å². The van der Waals surface area contributed by atoms with Crippen LogP contribution >= 0.6 is 11.6 Å². The first kappa shape index (κ1) is 7.32. The second-order valence-corrected chi connectivity index (χ2v) is 2.77. The van der Waals surface area contributed by atoms with E-state index in [-0.39, 0.29) is 11.7 Å². The Bertz CT molecular complexity index is 87.1. The quantitative estimate of drug-likeness (QED) is 0.526. The van der Waals surface area contributed by atoms with E-state index in [2.05, 4.69) is 0 Å². The second-order valence-electron chi connectivity index (χ2n) is 2.16. The first-order valence-electron chi connectivity index (χ1n) is 3.11. The summed E-state index contributed by atoms with van der Waals surface area (Å²) < 4.78 is 10.1. The minimum atomic E-state index is -0.0683. The molecule has 1 fully saturated rings. The summed E-state index contributed by atoms with van der Waals surface area (Å²) in [5, 5.41) is 0.240. The van der Waals surface area contributed by atoms with Crippen molar-refractivity contribution in [3.05, 3.63) is 0 Å². The SMILES string of the molecule is COC1CC(Cl)CCO1. The van der Waals surface area contributed by atoms with Crippen molar-refractivity contribution in [2.24, 2.45) is 0 Å². The van der Waals surface area contributed by atoms with Crippen molar-refractivity contribution in [3.63, 3.8) is 0 Å².